The third-order valence-corrected chi connectivity index (χ3v) is 5.15. The molecule has 0 spiro atoms. The summed E-state index contributed by atoms with van der Waals surface area (Å²) in [7, 11) is 0. The van der Waals surface area contributed by atoms with E-state index in [0.717, 1.165) is 0 Å². The van der Waals surface area contributed by atoms with Crippen LogP contribution >= 0.6 is 0 Å². The average Bonchev–Trinajstić information content (AvgIpc) is 3.23. The highest BCUT2D eigenvalue weighted by atomic mass is 16.4. The molecule has 2 atom stereocenters. The molecule has 140 valence electrons. The highest BCUT2D eigenvalue weighted by molar-refractivity contribution is 6.26. The topological polar surface area (TPSA) is 142 Å². The van der Waals surface area contributed by atoms with E-state index in [0.29, 0.717) is 38.5 Å². The van der Waals surface area contributed by atoms with E-state index < -0.39 is 18.1 Å². The second-order valence-corrected chi connectivity index (χ2v) is 6.76. The van der Waals surface area contributed by atoms with E-state index in [1.54, 1.807) is 18.3 Å². The van der Waals surface area contributed by atoms with E-state index in [9.17, 15) is 25.2 Å². The van der Waals surface area contributed by atoms with Crippen LogP contribution in [-0.4, -0.2) is 48.1 Å². The first-order chi connectivity index (χ1) is 13.5. The number of aliphatic hydroxyl groups is 1. The second-order valence-electron chi connectivity index (χ2n) is 6.76. The van der Waals surface area contributed by atoms with Crippen molar-refractivity contribution in [1.82, 2.24) is 9.97 Å². The van der Waals surface area contributed by atoms with Crippen LogP contribution < -0.4 is 0 Å². The number of fused-ring (bicyclic) bond motifs is 1. The van der Waals surface area contributed by atoms with E-state index >= 15 is 0 Å². The molecule has 0 bridgehead atoms. The van der Waals surface area contributed by atoms with Gasteiger partial charge in [-0.15, -0.1) is 0 Å². The third-order valence-electron chi connectivity index (χ3n) is 5.15. The van der Waals surface area contributed by atoms with Gasteiger partial charge >= 0.3 is 5.97 Å². The summed E-state index contributed by atoms with van der Waals surface area (Å²) in [6, 6.07) is 6.46. The Hall–Kier alpha value is -3.78. The smallest absolute Gasteiger partial charge is 0.331 e. The van der Waals surface area contributed by atoms with Crippen LogP contribution in [-0.2, 0) is 4.79 Å². The second kappa shape index (κ2) is 5.61. The molecule has 0 aliphatic carbocycles. The molecule has 3 heterocycles. The first-order valence-corrected chi connectivity index (χ1v) is 8.58. The number of aliphatic imine (C=N–C) groups is 1. The fraction of sp³-hybridized carbons (Fsp3) is 0.100. The van der Waals surface area contributed by atoms with Gasteiger partial charge in [-0.2, -0.15) is 0 Å². The highest BCUT2D eigenvalue weighted by Crippen LogP contribution is 2.40. The highest BCUT2D eigenvalue weighted by Gasteiger charge is 2.35. The zero-order valence-electron chi connectivity index (χ0n) is 14.3. The van der Waals surface area contributed by atoms with Gasteiger partial charge in [-0.25, -0.2) is 4.79 Å². The molecular weight excluding hydrogens is 362 g/mol. The number of carboxylic acid groups (broad SMARTS) is 1. The SMILES string of the molecule is O=C(O)[C@H]1N=C(c2c[nH]c3ccc(O)cc23)c2c(O)ccc3[nH]cc(c23)[C@H]1O. The molecule has 0 unspecified atom stereocenters. The quantitative estimate of drug-likeness (QED) is 0.318. The van der Waals surface area contributed by atoms with Gasteiger partial charge in [0.15, 0.2) is 6.04 Å². The zero-order valence-corrected chi connectivity index (χ0v) is 14.3. The number of phenols is 2. The number of nitrogens with one attached hydrogen (secondary N) is 2. The van der Waals surface area contributed by atoms with Crippen LogP contribution in [0.15, 0.2) is 47.7 Å². The summed E-state index contributed by atoms with van der Waals surface area (Å²) in [4.78, 5) is 22.3. The number of rotatable bonds is 2. The van der Waals surface area contributed by atoms with Crippen LogP contribution in [0.5, 0.6) is 11.5 Å². The fourth-order valence-electron chi connectivity index (χ4n) is 3.86. The molecule has 0 amide bonds. The number of nitrogens with zero attached hydrogens (tertiary/aromatic N) is 1. The molecule has 0 saturated heterocycles. The number of H-pyrrole nitrogens is 2. The molecule has 8 heteroatoms. The minimum Gasteiger partial charge on any atom is -0.508 e. The maximum absolute atomic E-state index is 11.8. The summed E-state index contributed by atoms with van der Waals surface area (Å²) < 4.78 is 0. The number of aromatic hydroxyl groups is 2. The summed E-state index contributed by atoms with van der Waals surface area (Å²) in [5.74, 6) is -1.32. The number of aliphatic hydroxyl groups excluding tert-OH is 1. The van der Waals surface area contributed by atoms with Crippen molar-refractivity contribution in [2.45, 2.75) is 12.1 Å². The molecule has 2 aromatic heterocycles. The lowest BCUT2D eigenvalue weighted by Gasteiger charge is -2.13. The van der Waals surface area contributed by atoms with E-state index in [1.165, 1.54) is 24.4 Å². The number of benzene rings is 2. The molecule has 0 saturated carbocycles. The van der Waals surface area contributed by atoms with Crippen molar-refractivity contribution in [3.05, 3.63) is 59.4 Å². The van der Waals surface area contributed by atoms with Gasteiger partial charge in [-0.3, -0.25) is 4.99 Å². The van der Waals surface area contributed by atoms with E-state index in [1.807, 2.05) is 0 Å². The van der Waals surface area contributed by atoms with Gasteiger partial charge in [0.05, 0.1) is 11.3 Å². The van der Waals surface area contributed by atoms with Gasteiger partial charge in [0, 0.05) is 45.3 Å². The van der Waals surface area contributed by atoms with Crippen molar-refractivity contribution in [2.75, 3.05) is 0 Å². The lowest BCUT2D eigenvalue weighted by Crippen LogP contribution is -2.26. The monoisotopic (exact) mass is 377 g/mol. The molecular formula is C20H15N3O5. The Morgan fingerprint density at radius 2 is 1.79 bits per heavy atom. The first kappa shape index (κ1) is 16.4. The summed E-state index contributed by atoms with van der Waals surface area (Å²) in [6.07, 6.45) is 1.79. The molecule has 28 heavy (non-hydrogen) atoms. The lowest BCUT2D eigenvalue weighted by atomic mass is 9.95. The predicted octanol–water partition coefficient (Wildman–Crippen LogP) is 2.40. The van der Waals surface area contributed by atoms with Crippen LogP contribution in [0.1, 0.15) is 22.8 Å². The number of aromatic nitrogens is 2. The van der Waals surface area contributed by atoms with Crippen molar-refractivity contribution in [3.63, 3.8) is 0 Å². The predicted molar refractivity (Wildman–Crippen MR) is 102 cm³/mol. The number of hydrogen-bond acceptors (Lipinski definition) is 5. The van der Waals surface area contributed by atoms with Crippen molar-refractivity contribution < 1.29 is 25.2 Å². The number of carbonyl (C=O) groups is 1. The Labute approximate surface area is 157 Å². The normalized spacial score (nSPS) is 19.0. The Bertz CT molecular complexity index is 1300. The van der Waals surface area contributed by atoms with Gasteiger partial charge < -0.3 is 30.4 Å². The molecule has 2 aromatic carbocycles. The Morgan fingerprint density at radius 1 is 1.04 bits per heavy atom. The standard InChI is InChI=1S/C20H15N3O5/c24-8-1-2-12-9(5-8)10(6-21-12)17-16-14(25)4-3-13-15(16)11(7-22-13)19(26)18(23-17)20(27)28/h1-7,18-19,21-22,24-26H,(H,27,28)/t18-,19+/m0/s1. The molecule has 1 aliphatic rings. The van der Waals surface area contributed by atoms with Gasteiger partial charge in [-0.05, 0) is 30.3 Å². The number of hydrogen-bond donors (Lipinski definition) is 6. The maximum Gasteiger partial charge on any atom is 0.331 e. The van der Waals surface area contributed by atoms with Crippen molar-refractivity contribution in [2.24, 2.45) is 4.99 Å². The number of aliphatic carboxylic acids is 1. The zero-order chi connectivity index (χ0) is 19.6. The minimum absolute atomic E-state index is 0.0437. The number of aromatic amines is 2. The van der Waals surface area contributed by atoms with Gasteiger partial charge in [0.2, 0.25) is 0 Å². The summed E-state index contributed by atoms with van der Waals surface area (Å²) in [6.45, 7) is 0. The summed E-state index contributed by atoms with van der Waals surface area (Å²) in [5, 5.41) is 42.0. The summed E-state index contributed by atoms with van der Waals surface area (Å²) >= 11 is 0. The fourth-order valence-corrected chi connectivity index (χ4v) is 3.86. The molecule has 5 rings (SSSR count). The van der Waals surface area contributed by atoms with Gasteiger partial charge in [0.25, 0.3) is 0 Å². The summed E-state index contributed by atoms with van der Waals surface area (Å²) in [5.41, 5.74) is 2.79. The van der Waals surface area contributed by atoms with Crippen molar-refractivity contribution in [1.29, 1.82) is 0 Å². The van der Waals surface area contributed by atoms with Crippen LogP contribution in [0.4, 0.5) is 0 Å². The lowest BCUT2D eigenvalue weighted by molar-refractivity contribution is -0.141. The average molecular weight is 377 g/mol. The van der Waals surface area contributed by atoms with Gasteiger partial charge in [-0.1, -0.05) is 0 Å². The Morgan fingerprint density at radius 3 is 2.57 bits per heavy atom. The van der Waals surface area contributed by atoms with Crippen molar-refractivity contribution >= 4 is 33.5 Å². The maximum atomic E-state index is 11.8. The molecule has 1 aliphatic heterocycles. The van der Waals surface area contributed by atoms with E-state index in [2.05, 4.69) is 15.0 Å². The van der Waals surface area contributed by atoms with Crippen LogP contribution in [0.2, 0.25) is 0 Å². The molecule has 4 aromatic rings. The van der Waals surface area contributed by atoms with Crippen LogP contribution in [0, 0.1) is 0 Å². The van der Waals surface area contributed by atoms with Crippen molar-refractivity contribution in [3.8, 4) is 11.5 Å². The molecule has 0 radical (unpaired) electrons. The van der Waals surface area contributed by atoms with E-state index in [-0.39, 0.29) is 17.2 Å². The minimum atomic E-state index is -1.46. The van der Waals surface area contributed by atoms with E-state index in [4.69, 9.17) is 0 Å². The number of phenolic OH excluding ortho intramolecular Hbond substituents is 2. The third kappa shape index (κ3) is 2.15. The number of carboxylic acids is 1. The largest absolute Gasteiger partial charge is 0.508 e. The molecule has 6 N–H and O–H groups in total. The Balaban J connectivity index is 1.91. The molecule has 8 nitrogen and oxygen atoms in total. The first-order valence-electron chi connectivity index (χ1n) is 8.58. The van der Waals surface area contributed by atoms with Crippen LogP contribution in [0.25, 0.3) is 21.8 Å². The van der Waals surface area contributed by atoms with Gasteiger partial charge in [0.1, 0.15) is 17.6 Å². The molecule has 0 fully saturated rings. The van der Waals surface area contributed by atoms with Crippen LogP contribution in [0.3, 0.4) is 0 Å². The Kier molecular flexibility index (Phi) is 3.28.